The van der Waals surface area contributed by atoms with Crippen LogP contribution >= 0.6 is 15.9 Å². The summed E-state index contributed by atoms with van der Waals surface area (Å²) >= 11 is 3.57. The number of rotatable bonds is 7. The monoisotopic (exact) mass is 518 g/mol. The molecular weight excluding hydrogens is 480 g/mol. The Morgan fingerprint density at radius 1 is 1.06 bits per heavy atom. The first kappa shape index (κ1) is 28.4. The molecule has 8 nitrogen and oxygen atoms in total. The van der Waals surface area contributed by atoms with Crippen molar-refractivity contribution in [2.75, 3.05) is 6.54 Å². The van der Waals surface area contributed by atoms with E-state index in [1.807, 2.05) is 6.92 Å². The van der Waals surface area contributed by atoms with Crippen molar-refractivity contribution in [3.8, 4) is 0 Å². The van der Waals surface area contributed by atoms with Crippen molar-refractivity contribution in [2.24, 2.45) is 5.92 Å². The molecule has 1 aliphatic rings. The zero-order chi connectivity index (χ0) is 25.1. The molecule has 2 unspecified atom stereocenters. The number of alkyl halides is 1. The normalized spacial score (nSPS) is 23.3. The first-order valence-electron chi connectivity index (χ1n) is 11.0. The van der Waals surface area contributed by atoms with E-state index in [-0.39, 0.29) is 35.3 Å². The van der Waals surface area contributed by atoms with Crippen LogP contribution in [0.4, 0.5) is 4.79 Å². The van der Waals surface area contributed by atoms with Gasteiger partial charge in [0.2, 0.25) is 5.91 Å². The fourth-order valence-electron chi connectivity index (χ4n) is 3.92. The molecule has 1 fully saturated rings. The maximum Gasteiger partial charge on any atom is 0.411 e. The molecule has 32 heavy (non-hydrogen) atoms. The zero-order valence-corrected chi connectivity index (χ0v) is 22.4. The molecule has 0 saturated carbocycles. The first-order chi connectivity index (χ1) is 14.4. The van der Waals surface area contributed by atoms with Gasteiger partial charge in [-0.25, -0.2) is 9.59 Å². The summed E-state index contributed by atoms with van der Waals surface area (Å²) in [4.78, 5) is 52.2. The van der Waals surface area contributed by atoms with Crippen LogP contribution in [0.3, 0.4) is 0 Å². The Morgan fingerprint density at radius 3 is 2.00 bits per heavy atom. The Kier molecular flexibility index (Phi) is 9.34. The van der Waals surface area contributed by atoms with Gasteiger partial charge >= 0.3 is 12.1 Å². The van der Waals surface area contributed by atoms with Gasteiger partial charge in [-0.05, 0) is 73.6 Å². The smallest absolute Gasteiger partial charge is 0.411 e. The lowest BCUT2D eigenvalue weighted by Gasteiger charge is -2.42. The van der Waals surface area contributed by atoms with Gasteiger partial charge in [0, 0.05) is 18.3 Å². The zero-order valence-electron chi connectivity index (χ0n) is 20.8. The SMILES string of the molecule is CC(=O)NCC(C[C@@]1(C(C)=O)CC[C@H](C(=O)OC(C)(C)C)N1C(=O)OC(C)(C)C)C(C)Br. The average Bonchev–Trinajstić information content (AvgIpc) is 2.96. The number of ketones is 1. The van der Waals surface area contributed by atoms with Crippen molar-refractivity contribution in [1.82, 2.24) is 10.2 Å². The van der Waals surface area contributed by atoms with Gasteiger partial charge in [0.25, 0.3) is 0 Å². The molecule has 0 aromatic rings. The number of amides is 2. The van der Waals surface area contributed by atoms with Crippen LogP contribution in [0.25, 0.3) is 0 Å². The number of nitrogens with zero attached hydrogens (tertiary/aromatic N) is 1. The molecule has 0 radical (unpaired) electrons. The van der Waals surface area contributed by atoms with E-state index in [9.17, 15) is 19.2 Å². The maximum absolute atomic E-state index is 13.3. The summed E-state index contributed by atoms with van der Waals surface area (Å²) < 4.78 is 11.2. The second-order valence-electron chi connectivity index (χ2n) is 10.6. The van der Waals surface area contributed by atoms with E-state index >= 15 is 0 Å². The lowest BCUT2D eigenvalue weighted by molar-refractivity contribution is -0.162. The summed E-state index contributed by atoms with van der Waals surface area (Å²) in [5.41, 5.74) is -2.79. The quantitative estimate of drug-likeness (QED) is 0.403. The van der Waals surface area contributed by atoms with Gasteiger partial charge in [0.15, 0.2) is 5.78 Å². The Bertz CT molecular complexity index is 725. The number of esters is 1. The Hall–Kier alpha value is -1.64. The molecule has 4 atom stereocenters. The molecule has 0 aliphatic carbocycles. The lowest BCUT2D eigenvalue weighted by atomic mass is 9.81. The molecular formula is C23H39BrN2O6. The van der Waals surface area contributed by atoms with E-state index in [2.05, 4.69) is 21.2 Å². The van der Waals surface area contributed by atoms with Crippen LogP contribution in [-0.4, -0.2) is 62.8 Å². The van der Waals surface area contributed by atoms with Gasteiger partial charge in [0.1, 0.15) is 22.8 Å². The first-order valence-corrected chi connectivity index (χ1v) is 12.0. The molecule has 0 spiro atoms. The number of halogens is 1. The number of ether oxygens (including phenoxy) is 2. The highest BCUT2D eigenvalue weighted by Gasteiger charge is 2.57. The van der Waals surface area contributed by atoms with Crippen LogP contribution in [0.2, 0.25) is 0 Å². The van der Waals surface area contributed by atoms with Gasteiger partial charge in [0.05, 0.1) is 0 Å². The van der Waals surface area contributed by atoms with Gasteiger partial charge in [-0.15, -0.1) is 0 Å². The standard InChI is InChI=1S/C23H39BrN2O6/c1-14(24)17(13-25-16(3)28)12-23(15(2)27)11-10-18(19(29)31-21(4,5)6)26(23)20(30)32-22(7,8)9/h14,17-18H,10-13H2,1-9H3,(H,25,28)/t14?,17?,18-,23-/m1/s1. The molecule has 9 heteroatoms. The van der Waals surface area contributed by atoms with Crippen molar-refractivity contribution < 1.29 is 28.7 Å². The predicted molar refractivity (Wildman–Crippen MR) is 126 cm³/mol. The van der Waals surface area contributed by atoms with Crippen molar-refractivity contribution in [3.05, 3.63) is 0 Å². The fourth-order valence-corrected chi connectivity index (χ4v) is 4.30. The summed E-state index contributed by atoms with van der Waals surface area (Å²) in [6.07, 6.45) is 0.147. The summed E-state index contributed by atoms with van der Waals surface area (Å²) in [5.74, 6) is -1.13. The highest BCUT2D eigenvalue weighted by Crippen LogP contribution is 2.42. The lowest BCUT2D eigenvalue weighted by Crippen LogP contribution is -2.59. The summed E-state index contributed by atoms with van der Waals surface area (Å²) in [7, 11) is 0. The van der Waals surface area contributed by atoms with E-state index in [0.717, 1.165) is 0 Å². The number of carbonyl (C=O) groups is 4. The highest BCUT2D eigenvalue weighted by atomic mass is 79.9. The number of likely N-dealkylation sites (tertiary alicyclic amines) is 1. The second kappa shape index (κ2) is 10.5. The summed E-state index contributed by atoms with van der Waals surface area (Å²) in [6.45, 7) is 15.6. The Morgan fingerprint density at radius 2 is 1.59 bits per heavy atom. The number of hydrogen-bond acceptors (Lipinski definition) is 6. The maximum atomic E-state index is 13.3. The third-order valence-electron chi connectivity index (χ3n) is 5.39. The van der Waals surface area contributed by atoms with Gasteiger partial charge in [-0.1, -0.05) is 22.9 Å². The molecule has 0 bridgehead atoms. The minimum absolute atomic E-state index is 0.0494. The Balaban J connectivity index is 3.44. The molecule has 1 rings (SSSR count). The number of carbonyl (C=O) groups excluding carboxylic acids is 4. The summed E-state index contributed by atoms with van der Waals surface area (Å²) in [6, 6.07) is -0.931. The van der Waals surface area contributed by atoms with Gasteiger partial charge in [-0.2, -0.15) is 0 Å². The number of nitrogens with one attached hydrogen (secondary N) is 1. The van der Waals surface area contributed by atoms with Gasteiger partial charge < -0.3 is 14.8 Å². The van der Waals surface area contributed by atoms with E-state index < -0.39 is 34.8 Å². The minimum atomic E-state index is -1.24. The van der Waals surface area contributed by atoms with Crippen LogP contribution in [0, 0.1) is 5.92 Å². The number of Topliss-reactive ketones (excluding diaryl/α,β-unsaturated/α-hetero) is 1. The summed E-state index contributed by atoms with van der Waals surface area (Å²) in [5, 5.41) is 2.80. The Labute approximate surface area is 200 Å². The van der Waals surface area contributed by atoms with Crippen LogP contribution in [0.15, 0.2) is 0 Å². The number of hydrogen-bond donors (Lipinski definition) is 1. The van der Waals surface area contributed by atoms with Crippen molar-refractivity contribution in [3.63, 3.8) is 0 Å². The fraction of sp³-hybridized carbons (Fsp3) is 0.826. The minimum Gasteiger partial charge on any atom is -0.458 e. The van der Waals surface area contributed by atoms with Gasteiger partial charge in [-0.3, -0.25) is 14.5 Å². The highest BCUT2D eigenvalue weighted by molar-refractivity contribution is 9.09. The molecule has 1 N–H and O–H groups in total. The van der Waals surface area contributed by atoms with Crippen LogP contribution < -0.4 is 5.32 Å². The molecule has 2 amide bonds. The van der Waals surface area contributed by atoms with Crippen molar-refractivity contribution in [2.45, 2.75) is 109 Å². The third kappa shape index (κ3) is 7.74. The van der Waals surface area contributed by atoms with E-state index in [4.69, 9.17) is 9.47 Å². The van der Waals surface area contributed by atoms with Crippen LogP contribution in [0.5, 0.6) is 0 Å². The third-order valence-corrected chi connectivity index (χ3v) is 6.14. The molecule has 1 saturated heterocycles. The van der Waals surface area contributed by atoms with Crippen LogP contribution in [-0.2, 0) is 23.9 Å². The van der Waals surface area contributed by atoms with E-state index in [1.165, 1.54) is 18.7 Å². The molecule has 1 heterocycles. The molecule has 184 valence electrons. The predicted octanol–water partition coefficient (Wildman–Crippen LogP) is 3.98. The largest absolute Gasteiger partial charge is 0.458 e. The van der Waals surface area contributed by atoms with Crippen molar-refractivity contribution >= 4 is 39.7 Å². The average molecular weight is 519 g/mol. The topological polar surface area (TPSA) is 102 Å². The van der Waals surface area contributed by atoms with E-state index in [1.54, 1.807) is 41.5 Å². The van der Waals surface area contributed by atoms with Crippen LogP contribution in [0.1, 0.15) is 81.6 Å². The van der Waals surface area contributed by atoms with E-state index in [0.29, 0.717) is 13.0 Å². The second-order valence-corrected chi connectivity index (χ2v) is 12.0. The molecule has 1 aliphatic heterocycles. The molecule has 0 aromatic heterocycles. The van der Waals surface area contributed by atoms with Crippen molar-refractivity contribution in [1.29, 1.82) is 0 Å². The molecule has 0 aromatic carbocycles.